The molecule has 25 heavy (non-hydrogen) atoms. The van der Waals surface area contributed by atoms with Crippen molar-refractivity contribution in [2.75, 3.05) is 13.1 Å². The van der Waals surface area contributed by atoms with E-state index >= 15 is 0 Å². The molecule has 0 aromatic heterocycles. The van der Waals surface area contributed by atoms with Gasteiger partial charge in [0.15, 0.2) is 8.32 Å². The summed E-state index contributed by atoms with van der Waals surface area (Å²) in [6, 6.07) is -0.484. The van der Waals surface area contributed by atoms with Gasteiger partial charge in [-0.15, -0.1) is 0 Å². The van der Waals surface area contributed by atoms with Crippen LogP contribution in [-0.4, -0.2) is 60.8 Å². The summed E-state index contributed by atoms with van der Waals surface area (Å²) in [5, 5.41) is 3.84. The fraction of sp³-hybridized carbons (Fsp3) is 0.875. The summed E-state index contributed by atoms with van der Waals surface area (Å²) < 4.78 is 6.44. The predicted molar refractivity (Wildman–Crippen MR) is 95.0 cm³/mol. The molecule has 3 rings (SSSR count). The molecule has 0 bridgehead atoms. The lowest BCUT2D eigenvalue weighted by Crippen LogP contribution is -2.66. The zero-order valence-corrected chi connectivity index (χ0v) is 16.7. The molecule has 3 atom stereocenters. The number of hydrogen-bond acceptors (Lipinski definition) is 4. The fourth-order valence-corrected chi connectivity index (χ4v) is 5.24. The van der Waals surface area contributed by atoms with Crippen molar-refractivity contribution in [1.82, 2.24) is 9.80 Å². The normalized spacial score (nSPS) is 32.5. The van der Waals surface area contributed by atoms with Crippen LogP contribution in [-0.2, 0) is 14.0 Å². The molecular formula is C16H27N5O3Si. The highest BCUT2D eigenvalue weighted by Gasteiger charge is 2.60. The lowest BCUT2D eigenvalue weighted by atomic mass is 10.0. The van der Waals surface area contributed by atoms with Gasteiger partial charge in [0.05, 0.1) is 6.10 Å². The zero-order chi connectivity index (χ0) is 18.6. The highest BCUT2D eigenvalue weighted by atomic mass is 28.4. The van der Waals surface area contributed by atoms with Gasteiger partial charge in [-0.2, -0.15) is 0 Å². The SMILES string of the molecule is CC(C)(C)[Si](C)(C)O[C@@H]1C[C@H]2C(=O)N3CCC[C@@]3(N=[N+]=[N-])C(=O)N2C1. The quantitative estimate of drug-likeness (QED) is 0.333. The van der Waals surface area contributed by atoms with Crippen LogP contribution in [0.4, 0.5) is 0 Å². The summed E-state index contributed by atoms with van der Waals surface area (Å²) >= 11 is 0. The van der Waals surface area contributed by atoms with Crippen LogP contribution in [0.25, 0.3) is 10.4 Å². The molecule has 3 aliphatic rings. The first-order chi connectivity index (χ1) is 11.5. The number of hydrogen-bond donors (Lipinski definition) is 0. The maximum absolute atomic E-state index is 13.1. The van der Waals surface area contributed by atoms with E-state index in [1.165, 1.54) is 4.90 Å². The minimum atomic E-state index is -1.99. The summed E-state index contributed by atoms with van der Waals surface area (Å²) in [7, 11) is -1.99. The van der Waals surface area contributed by atoms with Crippen molar-refractivity contribution in [3.8, 4) is 0 Å². The summed E-state index contributed by atoms with van der Waals surface area (Å²) in [5.74, 6) is -0.348. The minimum absolute atomic E-state index is 0.0659. The minimum Gasteiger partial charge on any atom is -0.412 e. The molecule has 2 amide bonds. The topological polar surface area (TPSA) is 98.6 Å². The van der Waals surface area contributed by atoms with E-state index in [-0.39, 0.29) is 23.0 Å². The van der Waals surface area contributed by atoms with Crippen LogP contribution >= 0.6 is 0 Å². The number of amides is 2. The lowest BCUT2D eigenvalue weighted by Gasteiger charge is -2.44. The summed E-state index contributed by atoms with van der Waals surface area (Å²) in [6.45, 7) is 11.7. The summed E-state index contributed by atoms with van der Waals surface area (Å²) in [5.41, 5.74) is 7.58. The standard InChI is InChI=1S/C16H27N5O3Si/c1-15(2,3)25(4,5)24-11-9-12-13(22)21-8-6-7-16(21,18-19-17)14(23)20(12)10-11/h11-12H,6-10H2,1-5H3/t11-,12+,16+/m1/s1. The van der Waals surface area contributed by atoms with Gasteiger partial charge < -0.3 is 14.2 Å². The van der Waals surface area contributed by atoms with Crippen LogP contribution < -0.4 is 0 Å². The van der Waals surface area contributed by atoms with Crippen LogP contribution in [0.1, 0.15) is 40.0 Å². The van der Waals surface area contributed by atoms with E-state index in [1.54, 1.807) is 4.90 Å². The third-order valence-corrected chi connectivity index (χ3v) is 10.8. The average molecular weight is 366 g/mol. The van der Waals surface area contributed by atoms with Crippen molar-refractivity contribution in [3.63, 3.8) is 0 Å². The Morgan fingerprint density at radius 1 is 1.36 bits per heavy atom. The average Bonchev–Trinajstić information content (AvgIpc) is 3.09. The maximum Gasteiger partial charge on any atom is 0.255 e. The first-order valence-electron chi connectivity index (χ1n) is 8.90. The number of piperazine rings is 1. The zero-order valence-electron chi connectivity index (χ0n) is 15.7. The molecule has 0 saturated carbocycles. The molecule has 0 aliphatic carbocycles. The van der Waals surface area contributed by atoms with E-state index in [2.05, 4.69) is 43.9 Å². The first-order valence-corrected chi connectivity index (χ1v) is 11.8. The smallest absolute Gasteiger partial charge is 0.255 e. The van der Waals surface area contributed by atoms with E-state index in [0.29, 0.717) is 32.4 Å². The van der Waals surface area contributed by atoms with Crippen LogP contribution in [0, 0.1) is 0 Å². The van der Waals surface area contributed by atoms with Crippen molar-refractivity contribution in [2.45, 2.75) is 76.0 Å². The van der Waals surface area contributed by atoms with Crippen molar-refractivity contribution in [1.29, 1.82) is 0 Å². The van der Waals surface area contributed by atoms with Gasteiger partial charge in [0.2, 0.25) is 11.6 Å². The molecule has 9 heteroatoms. The van der Waals surface area contributed by atoms with Crippen LogP contribution in [0.15, 0.2) is 5.11 Å². The number of carbonyl (C=O) groups excluding carboxylic acids is 2. The predicted octanol–water partition coefficient (Wildman–Crippen LogP) is 2.62. The molecule has 3 aliphatic heterocycles. The monoisotopic (exact) mass is 365 g/mol. The van der Waals surface area contributed by atoms with E-state index in [1.807, 2.05) is 0 Å². The van der Waals surface area contributed by atoms with Crippen molar-refractivity contribution in [2.24, 2.45) is 5.11 Å². The Morgan fingerprint density at radius 3 is 2.64 bits per heavy atom. The Bertz CT molecular complexity index is 655. The Balaban J connectivity index is 1.85. The van der Waals surface area contributed by atoms with Crippen LogP contribution in [0.5, 0.6) is 0 Å². The first kappa shape index (κ1) is 18.2. The largest absolute Gasteiger partial charge is 0.412 e. The van der Waals surface area contributed by atoms with Crippen LogP contribution in [0.2, 0.25) is 18.1 Å². The molecule has 138 valence electrons. The van der Waals surface area contributed by atoms with Gasteiger partial charge in [0.1, 0.15) is 6.04 Å². The number of fused-ring (bicyclic) bond motifs is 2. The highest BCUT2D eigenvalue weighted by molar-refractivity contribution is 6.74. The Hall–Kier alpha value is -1.57. The van der Waals surface area contributed by atoms with Gasteiger partial charge in [-0.05, 0) is 36.5 Å². The van der Waals surface area contributed by atoms with Gasteiger partial charge >= 0.3 is 0 Å². The van der Waals surface area contributed by atoms with E-state index < -0.39 is 20.0 Å². The van der Waals surface area contributed by atoms with Gasteiger partial charge in [0.25, 0.3) is 5.91 Å². The van der Waals surface area contributed by atoms with Crippen molar-refractivity contribution < 1.29 is 14.0 Å². The number of nitrogens with zero attached hydrogens (tertiary/aromatic N) is 5. The molecule has 3 saturated heterocycles. The molecule has 0 aromatic rings. The molecule has 0 N–H and O–H groups in total. The Kier molecular flexibility index (Phi) is 4.17. The molecule has 0 radical (unpaired) electrons. The number of azide groups is 1. The Labute approximate surface area is 149 Å². The summed E-state index contributed by atoms with van der Waals surface area (Å²) in [6.07, 6.45) is 1.47. The molecule has 8 nitrogen and oxygen atoms in total. The highest BCUT2D eigenvalue weighted by Crippen LogP contribution is 2.43. The Morgan fingerprint density at radius 2 is 2.04 bits per heavy atom. The molecule has 3 heterocycles. The van der Waals surface area contributed by atoms with Gasteiger partial charge in [-0.25, -0.2) is 0 Å². The fourth-order valence-electron chi connectivity index (χ4n) is 3.88. The lowest BCUT2D eigenvalue weighted by molar-refractivity contribution is -0.164. The van der Waals surface area contributed by atoms with Gasteiger partial charge in [-0.3, -0.25) is 9.59 Å². The molecule has 3 fully saturated rings. The number of carbonyl (C=O) groups is 2. The van der Waals surface area contributed by atoms with E-state index in [0.717, 1.165) is 0 Å². The third kappa shape index (κ3) is 2.65. The molecule has 0 spiro atoms. The van der Waals surface area contributed by atoms with Crippen molar-refractivity contribution in [3.05, 3.63) is 10.4 Å². The molecule has 0 aromatic carbocycles. The van der Waals surface area contributed by atoms with Crippen molar-refractivity contribution >= 4 is 20.1 Å². The number of rotatable bonds is 3. The van der Waals surface area contributed by atoms with E-state index in [4.69, 9.17) is 9.96 Å². The molecular weight excluding hydrogens is 338 g/mol. The second-order valence-corrected chi connectivity index (χ2v) is 13.6. The van der Waals surface area contributed by atoms with Gasteiger partial charge in [0, 0.05) is 24.4 Å². The third-order valence-electron chi connectivity index (χ3n) is 6.25. The van der Waals surface area contributed by atoms with E-state index in [9.17, 15) is 9.59 Å². The second-order valence-electron chi connectivity index (χ2n) is 8.81. The van der Waals surface area contributed by atoms with Gasteiger partial charge in [-0.1, -0.05) is 25.9 Å². The second kappa shape index (κ2) is 5.72. The summed E-state index contributed by atoms with van der Waals surface area (Å²) in [4.78, 5) is 32.0. The maximum atomic E-state index is 13.1. The van der Waals surface area contributed by atoms with Crippen LogP contribution in [0.3, 0.4) is 0 Å². The molecule has 0 unspecified atom stereocenters.